The zero-order valence-corrected chi connectivity index (χ0v) is 18.6. The highest BCUT2D eigenvalue weighted by molar-refractivity contribution is 6.34. The predicted octanol–water partition coefficient (Wildman–Crippen LogP) is 5.43. The van der Waals surface area contributed by atoms with E-state index in [-0.39, 0.29) is 18.0 Å². The van der Waals surface area contributed by atoms with Crippen LogP contribution in [0.3, 0.4) is 0 Å². The smallest absolute Gasteiger partial charge is 0.335 e. The summed E-state index contributed by atoms with van der Waals surface area (Å²) in [5.74, 6) is -0.0917. The van der Waals surface area contributed by atoms with E-state index in [0.717, 1.165) is 23.1 Å². The van der Waals surface area contributed by atoms with Crippen molar-refractivity contribution in [3.05, 3.63) is 82.4 Å². The second kappa shape index (κ2) is 10.7. The van der Waals surface area contributed by atoms with Crippen LogP contribution in [0.1, 0.15) is 39.6 Å². The van der Waals surface area contributed by atoms with Crippen LogP contribution in [-0.2, 0) is 6.54 Å². The molecule has 0 saturated carbocycles. The Morgan fingerprint density at radius 1 is 1.03 bits per heavy atom. The van der Waals surface area contributed by atoms with Gasteiger partial charge in [0.25, 0.3) is 5.91 Å². The second-order valence-corrected chi connectivity index (χ2v) is 7.49. The zero-order chi connectivity index (χ0) is 23.1. The Hall–Kier alpha value is -3.51. The minimum absolute atomic E-state index is 0.186. The third-order valence-corrected chi connectivity index (χ3v) is 5.14. The maximum absolute atomic E-state index is 12.8. The fraction of sp³-hybridized carbons (Fsp3) is 0.200. The number of hydrogen-bond acceptors (Lipinski definition) is 4. The molecule has 7 heteroatoms. The Bertz CT molecular complexity index is 1130. The molecule has 32 heavy (non-hydrogen) atoms. The van der Waals surface area contributed by atoms with Crippen LogP contribution in [-0.4, -0.2) is 30.7 Å². The number of benzene rings is 3. The van der Waals surface area contributed by atoms with E-state index in [1.807, 2.05) is 25.1 Å². The van der Waals surface area contributed by atoms with E-state index >= 15 is 0 Å². The van der Waals surface area contributed by atoms with E-state index in [1.54, 1.807) is 43.5 Å². The van der Waals surface area contributed by atoms with Crippen LogP contribution in [0.5, 0.6) is 11.5 Å². The first-order valence-corrected chi connectivity index (χ1v) is 10.5. The molecule has 0 spiro atoms. The predicted molar refractivity (Wildman–Crippen MR) is 124 cm³/mol. The maximum atomic E-state index is 12.8. The monoisotopic (exact) mass is 453 g/mol. The topological polar surface area (TPSA) is 84.9 Å². The van der Waals surface area contributed by atoms with Gasteiger partial charge in [-0.2, -0.15) is 0 Å². The van der Waals surface area contributed by atoms with Crippen LogP contribution < -0.4 is 14.8 Å². The number of carbonyl (C=O) groups is 2. The molecule has 0 bridgehead atoms. The lowest BCUT2D eigenvalue weighted by Crippen LogP contribution is -2.23. The van der Waals surface area contributed by atoms with E-state index in [4.69, 9.17) is 21.1 Å². The molecule has 0 aliphatic rings. The van der Waals surface area contributed by atoms with Gasteiger partial charge in [0.1, 0.15) is 11.5 Å². The molecule has 2 N–H and O–H groups in total. The van der Waals surface area contributed by atoms with Gasteiger partial charge in [-0.3, -0.25) is 4.79 Å². The van der Waals surface area contributed by atoms with E-state index in [9.17, 15) is 14.7 Å². The Morgan fingerprint density at radius 2 is 1.81 bits per heavy atom. The number of carbonyl (C=O) groups excluding carboxylic acids is 1. The minimum Gasteiger partial charge on any atom is -0.497 e. The standard InChI is InChI=1S/C25H24ClNO5/c1-3-11-32-20-8-10-22(23(26)14-20)24(28)27-15-18-13-19(31-2)7-9-21(18)16-5-4-6-17(12-16)25(29)30/h4-10,12-14H,3,11,15H2,1-2H3,(H,27,28)(H,29,30). The summed E-state index contributed by atoms with van der Waals surface area (Å²) in [6.07, 6.45) is 0.873. The molecule has 0 atom stereocenters. The highest BCUT2D eigenvalue weighted by Crippen LogP contribution is 2.29. The van der Waals surface area contributed by atoms with Crippen LogP contribution in [0.25, 0.3) is 11.1 Å². The summed E-state index contributed by atoms with van der Waals surface area (Å²) in [5, 5.41) is 12.5. The average Bonchev–Trinajstić information content (AvgIpc) is 2.81. The normalized spacial score (nSPS) is 10.5. The van der Waals surface area contributed by atoms with Gasteiger partial charge in [0.15, 0.2) is 0 Å². The summed E-state index contributed by atoms with van der Waals surface area (Å²) >= 11 is 6.29. The van der Waals surface area contributed by atoms with Crippen molar-refractivity contribution in [1.29, 1.82) is 0 Å². The van der Waals surface area contributed by atoms with Crippen molar-refractivity contribution in [2.24, 2.45) is 0 Å². The Balaban J connectivity index is 1.83. The van der Waals surface area contributed by atoms with Crippen LogP contribution in [0.15, 0.2) is 60.7 Å². The molecular weight excluding hydrogens is 430 g/mol. The zero-order valence-electron chi connectivity index (χ0n) is 17.9. The molecule has 0 aliphatic heterocycles. The molecule has 166 valence electrons. The highest BCUT2D eigenvalue weighted by Gasteiger charge is 2.14. The quantitative estimate of drug-likeness (QED) is 0.451. The van der Waals surface area contributed by atoms with Gasteiger partial charge in [-0.1, -0.05) is 36.7 Å². The van der Waals surface area contributed by atoms with Crippen molar-refractivity contribution in [3.63, 3.8) is 0 Å². The van der Waals surface area contributed by atoms with E-state index < -0.39 is 5.97 Å². The Morgan fingerprint density at radius 3 is 2.50 bits per heavy atom. The number of rotatable bonds is 9. The van der Waals surface area contributed by atoms with Crippen molar-refractivity contribution in [2.75, 3.05) is 13.7 Å². The number of carboxylic acid groups (broad SMARTS) is 1. The van der Waals surface area contributed by atoms with Crippen molar-refractivity contribution in [3.8, 4) is 22.6 Å². The van der Waals surface area contributed by atoms with Crippen LogP contribution in [0, 0.1) is 0 Å². The molecular formula is C25H24ClNO5. The lowest BCUT2D eigenvalue weighted by Gasteiger charge is -2.14. The molecule has 0 unspecified atom stereocenters. The number of hydrogen-bond donors (Lipinski definition) is 2. The fourth-order valence-corrected chi connectivity index (χ4v) is 3.46. The van der Waals surface area contributed by atoms with Crippen LogP contribution >= 0.6 is 11.6 Å². The summed E-state index contributed by atoms with van der Waals surface area (Å²) in [5.41, 5.74) is 2.83. The molecule has 0 aromatic heterocycles. The molecule has 0 fully saturated rings. The van der Waals surface area contributed by atoms with Gasteiger partial charge in [0.05, 0.1) is 29.9 Å². The lowest BCUT2D eigenvalue weighted by molar-refractivity contribution is 0.0696. The molecule has 3 rings (SSSR count). The van der Waals surface area contributed by atoms with Gasteiger partial charge in [0.2, 0.25) is 0 Å². The molecule has 3 aromatic carbocycles. The Kier molecular flexibility index (Phi) is 7.73. The number of ether oxygens (including phenoxy) is 2. The number of carboxylic acids is 1. The number of amides is 1. The lowest BCUT2D eigenvalue weighted by atomic mass is 9.97. The highest BCUT2D eigenvalue weighted by atomic mass is 35.5. The summed E-state index contributed by atoms with van der Waals surface area (Å²) in [6, 6.07) is 17.1. The van der Waals surface area contributed by atoms with E-state index in [0.29, 0.717) is 28.7 Å². The fourth-order valence-electron chi connectivity index (χ4n) is 3.21. The number of methoxy groups -OCH3 is 1. The first kappa shape index (κ1) is 23.2. The van der Waals surface area contributed by atoms with Gasteiger partial charge in [-0.15, -0.1) is 0 Å². The van der Waals surface area contributed by atoms with Crippen molar-refractivity contribution < 1.29 is 24.2 Å². The molecule has 3 aromatic rings. The number of aromatic carboxylic acids is 1. The first-order chi connectivity index (χ1) is 15.4. The number of nitrogens with one attached hydrogen (secondary N) is 1. The SMILES string of the molecule is CCCOc1ccc(C(=O)NCc2cc(OC)ccc2-c2cccc(C(=O)O)c2)c(Cl)c1. The molecule has 1 amide bonds. The van der Waals surface area contributed by atoms with Crippen molar-refractivity contribution in [1.82, 2.24) is 5.32 Å². The molecule has 0 radical (unpaired) electrons. The van der Waals surface area contributed by atoms with Gasteiger partial charge in [-0.05, 0) is 65.6 Å². The second-order valence-electron chi connectivity index (χ2n) is 7.08. The largest absolute Gasteiger partial charge is 0.497 e. The minimum atomic E-state index is -1.00. The molecule has 0 heterocycles. The van der Waals surface area contributed by atoms with Gasteiger partial charge in [-0.25, -0.2) is 4.79 Å². The van der Waals surface area contributed by atoms with Crippen molar-refractivity contribution in [2.45, 2.75) is 19.9 Å². The first-order valence-electron chi connectivity index (χ1n) is 10.1. The summed E-state index contributed by atoms with van der Waals surface area (Å²) in [6.45, 7) is 2.78. The van der Waals surface area contributed by atoms with Gasteiger partial charge >= 0.3 is 5.97 Å². The summed E-state index contributed by atoms with van der Waals surface area (Å²) < 4.78 is 10.9. The molecule has 6 nitrogen and oxygen atoms in total. The third kappa shape index (κ3) is 5.59. The van der Waals surface area contributed by atoms with Crippen LogP contribution in [0.2, 0.25) is 5.02 Å². The number of halogens is 1. The average molecular weight is 454 g/mol. The Labute approximate surface area is 191 Å². The maximum Gasteiger partial charge on any atom is 0.335 e. The molecule has 0 aliphatic carbocycles. The van der Waals surface area contributed by atoms with Gasteiger partial charge in [0, 0.05) is 6.54 Å². The summed E-state index contributed by atoms with van der Waals surface area (Å²) in [7, 11) is 1.56. The summed E-state index contributed by atoms with van der Waals surface area (Å²) in [4.78, 5) is 24.1. The van der Waals surface area contributed by atoms with Crippen LogP contribution in [0.4, 0.5) is 0 Å². The van der Waals surface area contributed by atoms with E-state index in [2.05, 4.69) is 5.32 Å². The van der Waals surface area contributed by atoms with Gasteiger partial charge < -0.3 is 19.9 Å². The third-order valence-electron chi connectivity index (χ3n) is 4.83. The molecule has 0 saturated heterocycles. The van der Waals surface area contributed by atoms with E-state index in [1.165, 1.54) is 6.07 Å². The van der Waals surface area contributed by atoms with Crippen molar-refractivity contribution >= 4 is 23.5 Å².